The first-order valence-corrected chi connectivity index (χ1v) is 7.59. The van der Waals surface area contributed by atoms with Crippen LogP contribution in [0.4, 0.5) is 0 Å². The maximum absolute atomic E-state index is 10.1. The van der Waals surface area contributed by atoms with Crippen LogP contribution in [0.1, 0.15) is 46.0 Å². The van der Waals surface area contributed by atoms with E-state index in [1.165, 1.54) is 5.57 Å². The Bertz CT molecular complexity index is 366. The molecule has 3 aliphatic rings. The van der Waals surface area contributed by atoms with E-state index in [4.69, 9.17) is 9.47 Å². The van der Waals surface area contributed by atoms with E-state index < -0.39 is 0 Å². The molecule has 1 aliphatic carbocycles. The van der Waals surface area contributed by atoms with Crippen molar-refractivity contribution >= 4 is 0 Å². The second-order valence-electron chi connectivity index (χ2n) is 7.38. The first-order chi connectivity index (χ1) is 8.98. The smallest absolute Gasteiger partial charge is 0.0942 e. The molecule has 0 aromatic rings. The summed E-state index contributed by atoms with van der Waals surface area (Å²) in [6, 6.07) is 0. The highest BCUT2D eigenvalue weighted by atomic mass is 16.6. The van der Waals surface area contributed by atoms with E-state index in [1.807, 2.05) is 0 Å². The molecule has 1 spiro atoms. The zero-order valence-corrected chi connectivity index (χ0v) is 12.2. The standard InChI is InChI=1S/C16H26O3/c1-15(2)8-13(7-14(17)10-15)12-3-5-19-16(9-12)4-6-18-11-16/h7,12,14,17H,3-6,8-11H2,1-2H3. The normalized spacial score (nSPS) is 42.4. The van der Waals surface area contributed by atoms with E-state index >= 15 is 0 Å². The van der Waals surface area contributed by atoms with Crippen LogP contribution in [0.25, 0.3) is 0 Å². The minimum absolute atomic E-state index is 0.0314. The van der Waals surface area contributed by atoms with Crippen molar-refractivity contribution in [2.24, 2.45) is 11.3 Å². The van der Waals surface area contributed by atoms with Crippen molar-refractivity contribution in [1.29, 1.82) is 0 Å². The van der Waals surface area contributed by atoms with Gasteiger partial charge in [0.1, 0.15) is 0 Å². The summed E-state index contributed by atoms with van der Waals surface area (Å²) in [6.07, 6.45) is 7.04. The number of allylic oxidation sites excluding steroid dienone is 1. The number of rotatable bonds is 1. The molecule has 3 nitrogen and oxygen atoms in total. The largest absolute Gasteiger partial charge is 0.389 e. The molecule has 2 heterocycles. The summed E-state index contributed by atoms with van der Waals surface area (Å²) >= 11 is 0. The molecule has 108 valence electrons. The average molecular weight is 266 g/mol. The van der Waals surface area contributed by atoms with Gasteiger partial charge >= 0.3 is 0 Å². The molecule has 1 N–H and O–H groups in total. The van der Waals surface area contributed by atoms with Crippen molar-refractivity contribution in [3.63, 3.8) is 0 Å². The third-order valence-corrected chi connectivity index (χ3v) is 4.94. The second-order valence-corrected chi connectivity index (χ2v) is 7.38. The van der Waals surface area contributed by atoms with Gasteiger partial charge in [0.05, 0.1) is 18.3 Å². The van der Waals surface area contributed by atoms with E-state index in [2.05, 4.69) is 19.9 Å². The Morgan fingerprint density at radius 3 is 2.79 bits per heavy atom. The highest BCUT2D eigenvalue weighted by Gasteiger charge is 2.43. The van der Waals surface area contributed by atoms with Crippen LogP contribution in [0.15, 0.2) is 11.6 Å². The molecule has 19 heavy (non-hydrogen) atoms. The van der Waals surface area contributed by atoms with Crippen LogP contribution >= 0.6 is 0 Å². The molecule has 0 saturated carbocycles. The lowest BCUT2D eigenvalue weighted by atomic mass is 9.70. The average Bonchev–Trinajstić information content (AvgIpc) is 2.75. The van der Waals surface area contributed by atoms with Gasteiger partial charge in [-0.1, -0.05) is 25.5 Å². The van der Waals surface area contributed by atoms with Crippen LogP contribution in [0.5, 0.6) is 0 Å². The minimum Gasteiger partial charge on any atom is -0.389 e. The quantitative estimate of drug-likeness (QED) is 0.742. The molecule has 0 aromatic heterocycles. The monoisotopic (exact) mass is 266 g/mol. The van der Waals surface area contributed by atoms with Crippen molar-refractivity contribution in [3.05, 3.63) is 11.6 Å². The van der Waals surface area contributed by atoms with Crippen LogP contribution in [0.3, 0.4) is 0 Å². The Balaban J connectivity index is 1.74. The van der Waals surface area contributed by atoms with Gasteiger partial charge in [-0.3, -0.25) is 0 Å². The third kappa shape index (κ3) is 2.88. The summed E-state index contributed by atoms with van der Waals surface area (Å²) in [5, 5.41) is 10.1. The van der Waals surface area contributed by atoms with Gasteiger partial charge in [-0.2, -0.15) is 0 Å². The van der Waals surface area contributed by atoms with Crippen molar-refractivity contribution in [3.8, 4) is 0 Å². The maximum atomic E-state index is 10.1. The van der Waals surface area contributed by atoms with Gasteiger partial charge in [-0.25, -0.2) is 0 Å². The zero-order valence-electron chi connectivity index (χ0n) is 12.2. The van der Waals surface area contributed by atoms with Crippen molar-refractivity contribution < 1.29 is 14.6 Å². The number of hydrogen-bond donors (Lipinski definition) is 1. The molecule has 2 fully saturated rings. The lowest BCUT2D eigenvalue weighted by Gasteiger charge is -2.42. The molecular formula is C16H26O3. The summed E-state index contributed by atoms with van der Waals surface area (Å²) < 4.78 is 11.6. The highest BCUT2D eigenvalue weighted by Crippen LogP contribution is 2.44. The summed E-state index contributed by atoms with van der Waals surface area (Å²) in [6.45, 7) is 6.94. The Morgan fingerprint density at radius 2 is 2.11 bits per heavy atom. The molecule has 3 heteroatoms. The van der Waals surface area contributed by atoms with E-state index in [-0.39, 0.29) is 17.1 Å². The molecular weight excluding hydrogens is 240 g/mol. The molecule has 2 aliphatic heterocycles. The topological polar surface area (TPSA) is 38.7 Å². The predicted molar refractivity (Wildman–Crippen MR) is 73.9 cm³/mol. The van der Waals surface area contributed by atoms with Crippen LogP contribution < -0.4 is 0 Å². The summed E-state index contributed by atoms with van der Waals surface area (Å²) in [7, 11) is 0. The number of ether oxygens (including phenoxy) is 2. The fourth-order valence-corrected chi connectivity index (χ4v) is 4.04. The van der Waals surface area contributed by atoms with Gasteiger partial charge < -0.3 is 14.6 Å². The molecule has 3 atom stereocenters. The Hall–Kier alpha value is -0.380. The van der Waals surface area contributed by atoms with E-state index in [0.29, 0.717) is 5.92 Å². The first-order valence-electron chi connectivity index (χ1n) is 7.59. The SMILES string of the molecule is CC1(C)CC(C2CCOC3(CCOC3)C2)=CC(O)C1. The Labute approximate surface area is 116 Å². The maximum Gasteiger partial charge on any atom is 0.0942 e. The fourth-order valence-electron chi connectivity index (χ4n) is 4.04. The van der Waals surface area contributed by atoms with Gasteiger partial charge in [-0.05, 0) is 37.0 Å². The van der Waals surface area contributed by atoms with Gasteiger partial charge in [-0.15, -0.1) is 0 Å². The second kappa shape index (κ2) is 4.87. The molecule has 3 rings (SSSR count). The lowest BCUT2D eigenvalue weighted by Crippen LogP contribution is -2.41. The van der Waals surface area contributed by atoms with Gasteiger partial charge in [0.15, 0.2) is 0 Å². The van der Waals surface area contributed by atoms with Crippen LogP contribution in [0.2, 0.25) is 0 Å². The van der Waals surface area contributed by atoms with E-state index in [9.17, 15) is 5.11 Å². The molecule has 0 aromatic carbocycles. The van der Waals surface area contributed by atoms with Crippen LogP contribution in [-0.2, 0) is 9.47 Å². The molecule has 0 radical (unpaired) electrons. The first kappa shape index (κ1) is 13.6. The van der Waals surface area contributed by atoms with Crippen molar-refractivity contribution in [2.45, 2.75) is 57.7 Å². The van der Waals surface area contributed by atoms with Gasteiger partial charge in [0, 0.05) is 19.6 Å². The summed E-state index contributed by atoms with van der Waals surface area (Å²) in [4.78, 5) is 0. The lowest BCUT2D eigenvalue weighted by molar-refractivity contribution is -0.0938. The van der Waals surface area contributed by atoms with Crippen molar-refractivity contribution in [1.82, 2.24) is 0 Å². The molecule has 0 bridgehead atoms. The minimum atomic E-state index is -0.266. The summed E-state index contributed by atoms with van der Waals surface area (Å²) in [5.41, 5.74) is 1.65. The highest BCUT2D eigenvalue weighted by molar-refractivity contribution is 5.18. The van der Waals surface area contributed by atoms with E-state index in [0.717, 1.165) is 51.9 Å². The van der Waals surface area contributed by atoms with Crippen LogP contribution in [0, 0.1) is 11.3 Å². The molecule has 2 saturated heterocycles. The van der Waals surface area contributed by atoms with E-state index in [1.54, 1.807) is 0 Å². The number of aliphatic hydroxyl groups excluding tert-OH is 1. The van der Waals surface area contributed by atoms with Crippen molar-refractivity contribution in [2.75, 3.05) is 19.8 Å². The number of hydrogen-bond acceptors (Lipinski definition) is 3. The van der Waals surface area contributed by atoms with Gasteiger partial charge in [0.2, 0.25) is 0 Å². The Morgan fingerprint density at radius 1 is 1.26 bits per heavy atom. The van der Waals surface area contributed by atoms with Gasteiger partial charge in [0.25, 0.3) is 0 Å². The summed E-state index contributed by atoms with van der Waals surface area (Å²) in [5.74, 6) is 0.574. The Kier molecular flexibility index (Phi) is 3.48. The predicted octanol–water partition coefficient (Wildman–Crippen LogP) is 2.68. The number of aliphatic hydroxyl groups is 1. The molecule has 0 amide bonds. The third-order valence-electron chi connectivity index (χ3n) is 4.94. The fraction of sp³-hybridized carbons (Fsp3) is 0.875. The zero-order chi connectivity index (χ0) is 13.5. The van der Waals surface area contributed by atoms with Crippen LogP contribution in [-0.4, -0.2) is 36.6 Å². The molecule has 3 unspecified atom stereocenters.